The van der Waals surface area contributed by atoms with E-state index < -0.39 is 0 Å². The molecule has 3 N–H and O–H groups in total. The predicted molar refractivity (Wildman–Crippen MR) is 183 cm³/mol. The molecular weight excluding hydrogens is 530 g/mol. The first-order valence-electron chi connectivity index (χ1n) is 15.6. The Kier molecular flexibility index (Phi) is 9.14. The molecule has 4 aromatic rings. The summed E-state index contributed by atoms with van der Waals surface area (Å²) in [5, 5.41) is 25.0. The second-order valence-corrected chi connectivity index (χ2v) is 12.8. The Hall–Kier alpha value is -3.80. The fourth-order valence-electron chi connectivity index (χ4n) is 6.75. The van der Waals surface area contributed by atoms with E-state index in [9.17, 15) is 5.11 Å². The minimum absolute atomic E-state index is 0.0361. The van der Waals surface area contributed by atoms with Gasteiger partial charge in [-0.2, -0.15) is 0 Å². The number of hydrogen-bond acceptors (Lipinski definition) is 4. The summed E-state index contributed by atoms with van der Waals surface area (Å²) in [5.41, 5.74) is 8.55. The topological polar surface area (TPSA) is 60.7 Å². The molecule has 0 atom stereocenters. The van der Waals surface area contributed by atoms with Crippen molar-refractivity contribution in [3.8, 4) is 0 Å². The number of benzene rings is 3. The van der Waals surface area contributed by atoms with Gasteiger partial charge in [0.05, 0.1) is 0 Å². The van der Waals surface area contributed by atoms with Crippen molar-refractivity contribution in [2.24, 2.45) is 7.05 Å². The number of aryl methyl sites for hydroxylation is 1. The fraction of sp³-hybridized carbons (Fsp3) is 0.368. The standard InChI is InChI=1S/C38H47N3O2/c1-37(2,29-17-10-11-18-30(29)39-24-14-26-42)23-13-7-6-8-20-34-38(3,4)36-33(41(34)25-15-27-43)22-21-32-35(36)28-16-9-12-19-31(28)40(32)5/h6-13,16-22,39,42-43H,14-15,23-27H2,1-5H3/b8-6+,13-7+,34-20+. The Morgan fingerprint density at radius 2 is 1.60 bits per heavy atom. The number of para-hydroxylation sites is 2. The van der Waals surface area contributed by atoms with Crippen LogP contribution in [0.4, 0.5) is 11.4 Å². The summed E-state index contributed by atoms with van der Waals surface area (Å²) in [6, 6.07) is 21.7. The zero-order chi connectivity index (χ0) is 30.6. The molecule has 5 rings (SSSR count). The molecule has 0 spiro atoms. The predicted octanol–water partition coefficient (Wildman–Crippen LogP) is 7.97. The number of allylic oxidation sites excluding steroid dienone is 6. The van der Waals surface area contributed by atoms with Gasteiger partial charge in [0.1, 0.15) is 0 Å². The molecule has 0 bridgehead atoms. The number of nitrogens with zero attached hydrogens (tertiary/aromatic N) is 2. The summed E-state index contributed by atoms with van der Waals surface area (Å²) in [7, 11) is 2.15. The van der Waals surface area contributed by atoms with Crippen LogP contribution in [-0.4, -0.2) is 41.1 Å². The van der Waals surface area contributed by atoms with Crippen molar-refractivity contribution in [1.29, 1.82) is 0 Å². The van der Waals surface area contributed by atoms with Gasteiger partial charge in [0.25, 0.3) is 0 Å². The normalized spacial score (nSPS) is 16.0. The largest absolute Gasteiger partial charge is 0.396 e. The average Bonchev–Trinajstić information content (AvgIpc) is 3.40. The van der Waals surface area contributed by atoms with Crippen molar-refractivity contribution >= 4 is 33.2 Å². The Morgan fingerprint density at radius 3 is 2.40 bits per heavy atom. The van der Waals surface area contributed by atoms with Crippen LogP contribution in [0.25, 0.3) is 21.8 Å². The third-order valence-electron chi connectivity index (χ3n) is 8.99. The van der Waals surface area contributed by atoms with Crippen molar-refractivity contribution in [3.05, 3.63) is 108 Å². The summed E-state index contributed by atoms with van der Waals surface area (Å²) >= 11 is 0. The Morgan fingerprint density at radius 1 is 0.860 bits per heavy atom. The quantitative estimate of drug-likeness (QED) is 0.118. The summed E-state index contributed by atoms with van der Waals surface area (Å²) < 4.78 is 2.30. The lowest BCUT2D eigenvalue weighted by Gasteiger charge is -2.27. The van der Waals surface area contributed by atoms with Gasteiger partial charge in [-0.05, 0) is 66.1 Å². The Labute approximate surface area is 256 Å². The summed E-state index contributed by atoms with van der Waals surface area (Å²) in [4.78, 5) is 2.41. The van der Waals surface area contributed by atoms with Gasteiger partial charge in [0, 0.05) is 77.6 Å². The van der Waals surface area contributed by atoms with Crippen LogP contribution in [0.5, 0.6) is 0 Å². The smallest absolute Gasteiger partial charge is 0.0493 e. The van der Waals surface area contributed by atoms with Crippen molar-refractivity contribution in [2.45, 2.75) is 57.8 Å². The summed E-state index contributed by atoms with van der Waals surface area (Å²) in [6.45, 7) is 11.1. The third-order valence-corrected chi connectivity index (χ3v) is 8.99. The highest BCUT2D eigenvalue weighted by atomic mass is 16.3. The van der Waals surface area contributed by atoms with Crippen LogP contribution in [0.3, 0.4) is 0 Å². The van der Waals surface area contributed by atoms with Gasteiger partial charge in [-0.1, -0.05) is 88.4 Å². The molecule has 0 saturated heterocycles. The molecule has 3 aromatic carbocycles. The number of aromatic nitrogens is 1. The van der Waals surface area contributed by atoms with Crippen LogP contribution >= 0.6 is 0 Å². The van der Waals surface area contributed by atoms with E-state index in [1.165, 1.54) is 44.3 Å². The van der Waals surface area contributed by atoms with Gasteiger partial charge in [0.2, 0.25) is 0 Å². The van der Waals surface area contributed by atoms with E-state index in [0.717, 1.165) is 38.0 Å². The molecule has 0 unspecified atom stereocenters. The third kappa shape index (κ3) is 5.89. The van der Waals surface area contributed by atoms with Gasteiger partial charge in [-0.15, -0.1) is 0 Å². The average molecular weight is 578 g/mol. The highest BCUT2D eigenvalue weighted by Crippen LogP contribution is 2.52. The van der Waals surface area contributed by atoms with Crippen LogP contribution in [0.15, 0.2) is 96.7 Å². The maximum absolute atomic E-state index is 9.71. The van der Waals surface area contributed by atoms with Crippen molar-refractivity contribution in [3.63, 3.8) is 0 Å². The van der Waals surface area contributed by atoms with E-state index in [0.29, 0.717) is 0 Å². The summed E-state index contributed by atoms with van der Waals surface area (Å²) in [6.07, 6.45) is 13.3. The first-order valence-corrected chi connectivity index (χ1v) is 15.6. The van der Waals surface area contributed by atoms with Crippen LogP contribution < -0.4 is 10.2 Å². The Balaban J connectivity index is 1.41. The maximum Gasteiger partial charge on any atom is 0.0493 e. The minimum atomic E-state index is -0.197. The van der Waals surface area contributed by atoms with Gasteiger partial charge in [0.15, 0.2) is 0 Å². The second kappa shape index (κ2) is 12.8. The van der Waals surface area contributed by atoms with Crippen molar-refractivity contribution in [1.82, 2.24) is 4.57 Å². The van der Waals surface area contributed by atoms with Crippen LogP contribution in [0.2, 0.25) is 0 Å². The molecule has 1 aliphatic heterocycles. The first-order chi connectivity index (χ1) is 20.7. The van der Waals surface area contributed by atoms with Gasteiger partial charge in [-0.25, -0.2) is 0 Å². The van der Waals surface area contributed by atoms with E-state index in [1.807, 2.05) is 0 Å². The number of nitrogens with one attached hydrogen (secondary N) is 1. The lowest BCUT2D eigenvalue weighted by atomic mass is 9.80. The van der Waals surface area contributed by atoms with Gasteiger partial charge in [-0.3, -0.25) is 0 Å². The number of aliphatic hydroxyl groups excluding tert-OH is 2. The van der Waals surface area contributed by atoms with Crippen LogP contribution in [0, 0.1) is 0 Å². The van der Waals surface area contributed by atoms with Crippen LogP contribution in [-0.2, 0) is 17.9 Å². The van der Waals surface area contributed by atoms with E-state index in [-0.39, 0.29) is 24.0 Å². The van der Waals surface area contributed by atoms with Crippen molar-refractivity contribution in [2.75, 3.05) is 36.5 Å². The molecule has 5 heteroatoms. The molecule has 0 amide bonds. The number of hydrogen-bond donors (Lipinski definition) is 3. The monoisotopic (exact) mass is 577 g/mol. The molecule has 1 aromatic heterocycles. The maximum atomic E-state index is 9.71. The number of aliphatic hydroxyl groups is 2. The van der Waals surface area contributed by atoms with Crippen molar-refractivity contribution < 1.29 is 10.2 Å². The lowest BCUT2D eigenvalue weighted by molar-refractivity contribution is 0.290. The van der Waals surface area contributed by atoms with Gasteiger partial charge >= 0.3 is 0 Å². The first kappa shape index (κ1) is 30.7. The molecule has 0 saturated carbocycles. The minimum Gasteiger partial charge on any atom is -0.396 e. The molecular formula is C38H47N3O2. The molecule has 226 valence electrons. The number of rotatable bonds is 12. The zero-order valence-corrected chi connectivity index (χ0v) is 26.4. The zero-order valence-electron chi connectivity index (χ0n) is 26.4. The van der Waals surface area contributed by atoms with E-state index in [4.69, 9.17) is 5.11 Å². The van der Waals surface area contributed by atoms with E-state index >= 15 is 0 Å². The lowest BCUT2D eigenvalue weighted by Crippen LogP contribution is -2.27. The molecule has 0 aliphatic carbocycles. The molecule has 0 radical (unpaired) electrons. The highest BCUT2D eigenvalue weighted by Gasteiger charge is 2.41. The van der Waals surface area contributed by atoms with E-state index in [2.05, 4.69) is 141 Å². The number of anilines is 2. The molecule has 1 aliphatic rings. The second-order valence-electron chi connectivity index (χ2n) is 12.8. The molecule has 0 fully saturated rings. The van der Waals surface area contributed by atoms with Crippen LogP contribution in [0.1, 0.15) is 58.1 Å². The molecule has 43 heavy (non-hydrogen) atoms. The van der Waals surface area contributed by atoms with Gasteiger partial charge < -0.3 is 25.0 Å². The molecule has 2 heterocycles. The van der Waals surface area contributed by atoms with E-state index in [1.54, 1.807) is 0 Å². The Bertz CT molecular complexity index is 1670. The summed E-state index contributed by atoms with van der Waals surface area (Å²) in [5.74, 6) is 0. The molecule has 5 nitrogen and oxygen atoms in total. The SMILES string of the molecule is Cn1c2ccccc2c2c3c(ccc21)N(CCCO)/C(=C/C=C/C=C/CC(C)(C)c1ccccc1NCCCO)C3(C)C. The number of fused-ring (bicyclic) bond motifs is 5. The highest BCUT2D eigenvalue weighted by molar-refractivity contribution is 6.12. The fourth-order valence-corrected chi connectivity index (χ4v) is 6.75.